The third kappa shape index (κ3) is 2.84. The van der Waals surface area contributed by atoms with E-state index < -0.39 is 58.9 Å². The lowest BCUT2D eigenvalue weighted by Gasteiger charge is -2.62. The highest BCUT2D eigenvalue weighted by atomic mass is 79.9. The van der Waals surface area contributed by atoms with Crippen molar-refractivity contribution in [1.29, 1.82) is 0 Å². The van der Waals surface area contributed by atoms with Gasteiger partial charge < -0.3 is 19.7 Å². The van der Waals surface area contributed by atoms with Crippen LogP contribution in [0.4, 0.5) is 4.39 Å². The van der Waals surface area contributed by atoms with Crippen LogP contribution < -0.4 is 0 Å². The molecule has 0 bridgehead atoms. The van der Waals surface area contributed by atoms with Gasteiger partial charge >= 0.3 is 0 Å². The molecule has 7 nitrogen and oxygen atoms in total. The molecule has 1 aromatic rings. The number of ether oxygens (including phenoxy) is 2. The number of fused-ring (bicyclic) bond motifs is 7. The van der Waals surface area contributed by atoms with Gasteiger partial charge in [-0.1, -0.05) is 18.6 Å². The summed E-state index contributed by atoms with van der Waals surface area (Å²) in [5.74, 6) is -1.60. The summed E-state index contributed by atoms with van der Waals surface area (Å²) < 4.78 is 30.7. The first kappa shape index (κ1) is 24.6. The number of aliphatic hydroxyl groups excluding tert-OH is 2. The summed E-state index contributed by atoms with van der Waals surface area (Å²) in [6.45, 7) is 2.89. The topological polar surface area (TPSA) is 106 Å². The molecular formula is C27H29BrFNO6. The Morgan fingerprint density at radius 2 is 2.11 bits per heavy atom. The number of nitrogens with zero attached hydrogens (tertiary/aromatic N) is 1. The van der Waals surface area contributed by atoms with E-state index in [2.05, 4.69) is 20.9 Å². The first-order valence-corrected chi connectivity index (χ1v) is 13.2. The molecule has 0 radical (unpaired) electrons. The molecule has 2 N–H and O–H groups in total. The molecule has 9 atom stereocenters. The number of hydrogen-bond acceptors (Lipinski definition) is 7. The number of carbonyl (C=O) groups excluding carboxylic acids is 2. The average Bonchev–Trinajstić information content (AvgIpc) is 3.34. The summed E-state index contributed by atoms with van der Waals surface area (Å²) in [4.78, 5) is 29.7. The molecule has 1 saturated heterocycles. The van der Waals surface area contributed by atoms with Crippen molar-refractivity contribution in [3.63, 3.8) is 0 Å². The van der Waals surface area contributed by atoms with Crippen molar-refractivity contribution in [3.8, 4) is 0 Å². The number of pyridine rings is 1. The van der Waals surface area contributed by atoms with Gasteiger partial charge in [0, 0.05) is 28.5 Å². The lowest BCUT2D eigenvalue weighted by Crippen LogP contribution is -2.69. The van der Waals surface area contributed by atoms with E-state index in [-0.39, 0.29) is 18.1 Å². The fourth-order valence-electron chi connectivity index (χ4n) is 8.29. The summed E-state index contributed by atoms with van der Waals surface area (Å²) in [6.07, 6.45) is 4.43. The molecule has 0 amide bonds. The number of Topliss-reactive ketones (excluding diaryl/α,β-unsaturated/α-hetero) is 1. The molecular weight excluding hydrogens is 533 g/mol. The minimum atomic E-state index is -2.02. The Hall–Kier alpha value is -1.78. The van der Waals surface area contributed by atoms with E-state index in [4.69, 9.17) is 9.47 Å². The summed E-state index contributed by atoms with van der Waals surface area (Å²) in [5, 5.41) is 21.6. The van der Waals surface area contributed by atoms with Gasteiger partial charge in [0.1, 0.15) is 11.2 Å². The molecule has 6 rings (SSSR count). The standard InChI is InChI=1S/C27H29BrFNO6/c1-24-7-5-16(32)10-15(24)3-4-17-18-11-21-27(20(34)13-31,25(18,2)12-19(33)26(17,24)29)36-23(35-21)14-6-8-30-22(28)9-14/h5-10,17-19,21,23,31,33H,3-4,11-13H2,1-2H3/t17-,18-,19-,21+,23?,24-,25-,26-,27+/m0/s1. The maximum absolute atomic E-state index is 17.4. The number of aliphatic hydroxyl groups is 2. The minimum absolute atomic E-state index is 0.0340. The maximum atomic E-state index is 17.4. The molecule has 192 valence electrons. The highest BCUT2D eigenvalue weighted by Crippen LogP contribution is 2.72. The zero-order valence-electron chi connectivity index (χ0n) is 20.1. The molecule has 1 aromatic heterocycles. The van der Waals surface area contributed by atoms with Crippen LogP contribution in [0, 0.1) is 22.7 Å². The molecule has 4 aliphatic carbocycles. The van der Waals surface area contributed by atoms with Crippen LogP contribution in [0.1, 0.15) is 51.4 Å². The number of carbonyl (C=O) groups is 2. The Kier molecular flexibility index (Phi) is 5.36. The number of allylic oxidation sites excluding steroid dienone is 4. The number of aromatic nitrogens is 1. The van der Waals surface area contributed by atoms with Crippen LogP contribution in [-0.4, -0.2) is 56.8 Å². The first-order chi connectivity index (χ1) is 17.0. The van der Waals surface area contributed by atoms with Gasteiger partial charge in [-0.25, -0.2) is 9.37 Å². The summed E-state index contributed by atoms with van der Waals surface area (Å²) in [7, 11) is 0. The van der Waals surface area contributed by atoms with Crippen molar-refractivity contribution in [2.75, 3.05) is 6.61 Å². The molecule has 9 heteroatoms. The van der Waals surface area contributed by atoms with Crippen molar-refractivity contribution in [2.45, 2.75) is 69.3 Å². The van der Waals surface area contributed by atoms with Gasteiger partial charge in [-0.3, -0.25) is 9.59 Å². The van der Waals surface area contributed by atoms with Gasteiger partial charge in [0.25, 0.3) is 0 Å². The van der Waals surface area contributed by atoms with E-state index in [9.17, 15) is 19.8 Å². The highest BCUT2D eigenvalue weighted by molar-refractivity contribution is 9.10. The molecule has 2 heterocycles. The van der Waals surface area contributed by atoms with Crippen LogP contribution >= 0.6 is 15.9 Å². The summed E-state index contributed by atoms with van der Waals surface area (Å²) in [6, 6.07) is 3.49. The largest absolute Gasteiger partial charge is 0.390 e. The predicted octanol–water partition coefficient (Wildman–Crippen LogP) is 3.54. The third-order valence-electron chi connectivity index (χ3n) is 9.96. The van der Waals surface area contributed by atoms with Gasteiger partial charge in [-0.05, 0) is 78.7 Å². The van der Waals surface area contributed by atoms with E-state index >= 15 is 4.39 Å². The van der Waals surface area contributed by atoms with Crippen molar-refractivity contribution in [3.05, 3.63) is 52.3 Å². The highest BCUT2D eigenvalue weighted by Gasteiger charge is 2.79. The maximum Gasteiger partial charge on any atom is 0.193 e. The fraction of sp³-hybridized carbons (Fsp3) is 0.593. The van der Waals surface area contributed by atoms with Crippen LogP contribution in [0.25, 0.3) is 0 Å². The molecule has 4 fully saturated rings. The zero-order chi connectivity index (χ0) is 25.7. The second-order valence-corrected chi connectivity index (χ2v) is 12.1. The molecule has 36 heavy (non-hydrogen) atoms. The monoisotopic (exact) mass is 561 g/mol. The predicted molar refractivity (Wildman–Crippen MR) is 129 cm³/mol. The van der Waals surface area contributed by atoms with Crippen LogP contribution in [0.3, 0.4) is 0 Å². The molecule has 1 unspecified atom stereocenters. The SMILES string of the molecule is C[C@]12C=CC(=O)C=C1CC[C@H]1[C@@H]3C[C@H]4OC(c5ccnc(Br)c5)O[C@@]4(C(=O)CO)[C@@]3(C)C[C@H](O)[C@@]12F. The Morgan fingerprint density at radius 3 is 2.83 bits per heavy atom. The van der Waals surface area contributed by atoms with Crippen LogP contribution in [0.15, 0.2) is 46.7 Å². The fourth-order valence-corrected chi connectivity index (χ4v) is 8.67. The van der Waals surface area contributed by atoms with E-state index in [0.29, 0.717) is 35.0 Å². The van der Waals surface area contributed by atoms with Crippen LogP contribution in [0.5, 0.6) is 0 Å². The second-order valence-electron chi connectivity index (χ2n) is 11.3. The number of halogens is 2. The van der Waals surface area contributed by atoms with Crippen LogP contribution in [0.2, 0.25) is 0 Å². The Bertz CT molecular complexity index is 1220. The van der Waals surface area contributed by atoms with Crippen LogP contribution in [-0.2, 0) is 19.1 Å². The first-order valence-electron chi connectivity index (χ1n) is 12.4. The Morgan fingerprint density at radius 1 is 1.33 bits per heavy atom. The van der Waals surface area contributed by atoms with E-state index in [0.717, 1.165) is 0 Å². The van der Waals surface area contributed by atoms with Gasteiger partial charge in [0.2, 0.25) is 0 Å². The second kappa shape index (κ2) is 7.86. The van der Waals surface area contributed by atoms with E-state index in [1.54, 1.807) is 31.3 Å². The van der Waals surface area contributed by atoms with E-state index in [1.807, 2.05) is 6.92 Å². The normalized spacial score (nSPS) is 47.0. The molecule has 1 aliphatic heterocycles. The Balaban J connectivity index is 1.43. The number of ketones is 2. The summed E-state index contributed by atoms with van der Waals surface area (Å²) in [5.41, 5.74) is -4.26. The van der Waals surface area contributed by atoms with Crippen molar-refractivity contribution in [2.24, 2.45) is 22.7 Å². The lowest BCUT2D eigenvalue weighted by molar-refractivity contribution is -0.231. The third-order valence-corrected chi connectivity index (χ3v) is 10.4. The van der Waals surface area contributed by atoms with Gasteiger partial charge in [0.05, 0.1) is 12.2 Å². The lowest BCUT2D eigenvalue weighted by atomic mass is 9.44. The smallest absolute Gasteiger partial charge is 0.193 e. The average molecular weight is 562 g/mol. The minimum Gasteiger partial charge on any atom is -0.390 e. The quantitative estimate of drug-likeness (QED) is 0.543. The zero-order valence-corrected chi connectivity index (χ0v) is 21.7. The number of alkyl halides is 1. The van der Waals surface area contributed by atoms with Crippen molar-refractivity contribution in [1.82, 2.24) is 4.98 Å². The van der Waals surface area contributed by atoms with Crippen molar-refractivity contribution < 1.29 is 33.7 Å². The molecule has 0 aromatic carbocycles. The van der Waals surface area contributed by atoms with Crippen molar-refractivity contribution >= 4 is 27.5 Å². The molecule has 5 aliphatic rings. The summed E-state index contributed by atoms with van der Waals surface area (Å²) >= 11 is 3.35. The Labute approximate surface area is 216 Å². The number of hydrogen-bond donors (Lipinski definition) is 2. The van der Waals surface area contributed by atoms with E-state index in [1.165, 1.54) is 12.2 Å². The van der Waals surface area contributed by atoms with Gasteiger partial charge in [-0.15, -0.1) is 0 Å². The molecule has 0 spiro atoms. The number of rotatable bonds is 3. The van der Waals surface area contributed by atoms with Gasteiger partial charge in [-0.2, -0.15) is 0 Å². The van der Waals surface area contributed by atoms with Gasteiger partial charge in [0.15, 0.2) is 29.1 Å². The molecule has 3 saturated carbocycles.